The molecular weight excluding hydrogens is 374 g/mol. The summed E-state index contributed by atoms with van der Waals surface area (Å²) >= 11 is 0. The van der Waals surface area contributed by atoms with Gasteiger partial charge < -0.3 is 15.4 Å². The van der Waals surface area contributed by atoms with Gasteiger partial charge in [0.1, 0.15) is 5.75 Å². The van der Waals surface area contributed by atoms with E-state index in [4.69, 9.17) is 4.74 Å². The number of nitrogens with one attached hydrogen (secondary N) is 2. The van der Waals surface area contributed by atoms with E-state index in [2.05, 4.69) is 51.9 Å². The molecule has 2 atom stereocenters. The Labute approximate surface area is 178 Å². The third kappa shape index (κ3) is 4.32. The molecule has 1 aliphatic heterocycles. The minimum atomic E-state index is -0.111. The van der Waals surface area contributed by atoms with Crippen LogP contribution in [0.2, 0.25) is 0 Å². The Morgan fingerprint density at radius 3 is 2.50 bits per heavy atom. The molecule has 1 fully saturated rings. The minimum absolute atomic E-state index is 0.0881. The number of likely N-dealkylation sites (N-methyl/N-ethyl adjacent to an activating group) is 1. The molecule has 0 radical (unpaired) electrons. The lowest BCUT2D eigenvalue weighted by atomic mass is 10.0. The number of ether oxygens (including phenoxy) is 1. The van der Waals surface area contributed by atoms with Crippen LogP contribution < -0.4 is 15.4 Å². The lowest BCUT2D eigenvalue weighted by Crippen LogP contribution is -2.41. The molecule has 0 saturated carbocycles. The molecule has 3 aromatic carbocycles. The zero-order valence-corrected chi connectivity index (χ0v) is 17.6. The fourth-order valence-corrected chi connectivity index (χ4v) is 4.40. The quantitative estimate of drug-likeness (QED) is 0.635. The number of rotatable bonds is 7. The molecule has 1 aliphatic rings. The molecule has 1 heterocycles. The number of hydrogen-bond donors (Lipinski definition) is 2. The summed E-state index contributed by atoms with van der Waals surface area (Å²) in [5.41, 5.74) is 2.47. The maximum atomic E-state index is 12.5. The van der Waals surface area contributed by atoms with Crippen molar-refractivity contribution in [3.63, 3.8) is 0 Å². The maximum absolute atomic E-state index is 12.5. The highest BCUT2D eigenvalue weighted by Crippen LogP contribution is 2.29. The summed E-state index contributed by atoms with van der Waals surface area (Å²) in [7, 11) is 3.42. The lowest BCUT2D eigenvalue weighted by Gasteiger charge is -2.22. The summed E-state index contributed by atoms with van der Waals surface area (Å²) in [5.74, 6) is 0.981. The van der Waals surface area contributed by atoms with E-state index in [0.29, 0.717) is 0 Å². The third-order valence-electron chi connectivity index (χ3n) is 5.96. The number of nitrogens with zero attached hydrogens (tertiary/aromatic N) is 1. The average molecular weight is 404 g/mol. The van der Waals surface area contributed by atoms with Crippen molar-refractivity contribution in [1.82, 2.24) is 15.5 Å². The van der Waals surface area contributed by atoms with Gasteiger partial charge in [0.05, 0.1) is 13.2 Å². The fraction of sp³-hybridized carbons (Fsp3) is 0.320. The highest BCUT2D eigenvalue weighted by molar-refractivity contribution is 5.91. The zero-order chi connectivity index (χ0) is 20.9. The molecule has 3 aromatic rings. The van der Waals surface area contributed by atoms with Crippen LogP contribution in [0, 0.1) is 0 Å². The van der Waals surface area contributed by atoms with Crippen LogP contribution in [0.3, 0.4) is 0 Å². The third-order valence-corrected chi connectivity index (χ3v) is 5.96. The zero-order valence-electron chi connectivity index (χ0n) is 17.6. The molecule has 156 valence electrons. The number of carbonyl (C=O) groups excluding carboxylic acids is 1. The summed E-state index contributed by atoms with van der Waals surface area (Å²) < 4.78 is 5.51. The molecule has 0 aliphatic carbocycles. The number of methoxy groups -OCH3 is 1. The first-order chi connectivity index (χ1) is 14.7. The maximum Gasteiger partial charge on any atom is 0.237 e. The normalized spacial score (nSPS) is 19.1. The van der Waals surface area contributed by atoms with Gasteiger partial charge in [-0.15, -0.1) is 0 Å². The molecule has 0 spiro atoms. The standard InChI is InChI=1S/C25H29N3O2/c1-26-25(29)23-14-20(17-28(23)16-18-8-4-3-5-9-18)27-15-19-12-13-24(30-2)22-11-7-6-10-21(19)22/h3-13,20,23,27H,14-17H2,1-2H3,(H,26,29)/t20-,23+/m1/s1. The Morgan fingerprint density at radius 1 is 1.03 bits per heavy atom. The van der Waals surface area contributed by atoms with Crippen LogP contribution in [0.1, 0.15) is 17.5 Å². The second kappa shape index (κ2) is 9.28. The molecule has 0 aromatic heterocycles. The molecule has 4 rings (SSSR count). The van der Waals surface area contributed by atoms with E-state index >= 15 is 0 Å². The molecular formula is C25H29N3O2. The number of likely N-dealkylation sites (tertiary alicyclic amines) is 1. The van der Waals surface area contributed by atoms with E-state index in [0.717, 1.165) is 37.2 Å². The van der Waals surface area contributed by atoms with Crippen molar-refractivity contribution in [2.75, 3.05) is 20.7 Å². The lowest BCUT2D eigenvalue weighted by molar-refractivity contribution is -0.125. The molecule has 0 bridgehead atoms. The predicted molar refractivity (Wildman–Crippen MR) is 120 cm³/mol. The van der Waals surface area contributed by atoms with Gasteiger partial charge in [0, 0.05) is 38.1 Å². The SMILES string of the molecule is CNC(=O)[C@@H]1C[C@@H](NCc2ccc(OC)c3ccccc23)CN1Cc1ccccc1. The van der Waals surface area contributed by atoms with Crippen molar-refractivity contribution in [3.8, 4) is 5.75 Å². The van der Waals surface area contributed by atoms with Gasteiger partial charge in [-0.3, -0.25) is 9.69 Å². The number of carbonyl (C=O) groups is 1. The summed E-state index contributed by atoms with van der Waals surface area (Å²) in [6.45, 7) is 2.39. The summed E-state index contributed by atoms with van der Waals surface area (Å²) in [6, 6.07) is 23.0. The number of hydrogen-bond acceptors (Lipinski definition) is 4. The van der Waals surface area contributed by atoms with E-state index in [1.807, 2.05) is 30.3 Å². The Bertz CT molecular complexity index is 1010. The van der Waals surface area contributed by atoms with Crippen LogP contribution in [-0.4, -0.2) is 43.6 Å². The fourth-order valence-electron chi connectivity index (χ4n) is 4.40. The summed E-state index contributed by atoms with van der Waals surface area (Å²) in [6.07, 6.45) is 0.806. The van der Waals surface area contributed by atoms with E-state index in [-0.39, 0.29) is 18.0 Å². The Hall–Kier alpha value is -2.89. The van der Waals surface area contributed by atoms with Crippen molar-refractivity contribution < 1.29 is 9.53 Å². The van der Waals surface area contributed by atoms with Gasteiger partial charge in [-0.05, 0) is 29.0 Å². The van der Waals surface area contributed by atoms with E-state index in [9.17, 15) is 4.79 Å². The van der Waals surface area contributed by atoms with Crippen LogP contribution in [0.25, 0.3) is 10.8 Å². The Morgan fingerprint density at radius 2 is 1.77 bits per heavy atom. The van der Waals surface area contributed by atoms with Crippen LogP contribution in [-0.2, 0) is 17.9 Å². The van der Waals surface area contributed by atoms with Crippen molar-refractivity contribution in [3.05, 3.63) is 77.9 Å². The van der Waals surface area contributed by atoms with Crippen molar-refractivity contribution in [1.29, 1.82) is 0 Å². The molecule has 5 nitrogen and oxygen atoms in total. The number of amides is 1. The molecule has 2 N–H and O–H groups in total. The molecule has 5 heteroatoms. The topological polar surface area (TPSA) is 53.6 Å². The van der Waals surface area contributed by atoms with Crippen molar-refractivity contribution in [2.45, 2.75) is 31.6 Å². The molecule has 1 amide bonds. The second-order valence-corrected chi connectivity index (χ2v) is 7.83. The van der Waals surface area contributed by atoms with Gasteiger partial charge in [-0.1, -0.05) is 60.7 Å². The van der Waals surface area contributed by atoms with Gasteiger partial charge in [-0.2, -0.15) is 0 Å². The van der Waals surface area contributed by atoms with Gasteiger partial charge in [0.15, 0.2) is 0 Å². The van der Waals surface area contributed by atoms with E-state index in [1.165, 1.54) is 16.5 Å². The summed E-state index contributed by atoms with van der Waals surface area (Å²) in [5, 5.41) is 8.85. The van der Waals surface area contributed by atoms with Crippen molar-refractivity contribution >= 4 is 16.7 Å². The molecule has 0 unspecified atom stereocenters. The van der Waals surface area contributed by atoms with Crippen LogP contribution >= 0.6 is 0 Å². The second-order valence-electron chi connectivity index (χ2n) is 7.83. The van der Waals surface area contributed by atoms with Crippen LogP contribution in [0.4, 0.5) is 0 Å². The van der Waals surface area contributed by atoms with Crippen molar-refractivity contribution in [2.24, 2.45) is 0 Å². The predicted octanol–water partition coefficient (Wildman–Crippen LogP) is 3.33. The monoisotopic (exact) mass is 403 g/mol. The smallest absolute Gasteiger partial charge is 0.237 e. The van der Waals surface area contributed by atoms with Gasteiger partial charge in [-0.25, -0.2) is 0 Å². The largest absolute Gasteiger partial charge is 0.496 e. The average Bonchev–Trinajstić information content (AvgIpc) is 3.20. The number of benzene rings is 3. The Balaban J connectivity index is 1.47. The van der Waals surface area contributed by atoms with Crippen LogP contribution in [0.5, 0.6) is 5.75 Å². The molecule has 1 saturated heterocycles. The number of fused-ring (bicyclic) bond motifs is 1. The van der Waals surface area contributed by atoms with Gasteiger partial charge in [0.25, 0.3) is 0 Å². The minimum Gasteiger partial charge on any atom is -0.496 e. The van der Waals surface area contributed by atoms with Gasteiger partial charge >= 0.3 is 0 Å². The van der Waals surface area contributed by atoms with E-state index < -0.39 is 0 Å². The highest BCUT2D eigenvalue weighted by Gasteiger charge is 2.36. The van der Waals surface area contributed by atoms with Gasteiger partial charge in [0.2, 0.25) is 5.91 Å². The first-order valence-electron chi connectivity index (χ1n) is 10.5. The highest BCUT2D eigenvalue weighted by atomic mass is 16.5. The van der Waals surface area contributed by atoms with Crippen LogP contribution in [0.15, 0.2) is 66.7 Å². The first kappa shape index (κ1) is 20.4. The summed E-state index contributed by atoms with van der Waals surface area (Å²) in [4.78, 5) is 14.8. The Kier molecular flexibility index (Phi) is 6.31. The first-order valence-corrected chi connectivity index (χ1v) is 10.5. The van der Waals surface area contributed by atoms with E-state index in [1.54, 1.807) is 14.2 Å². The molecule has 30 heavy (non-hydrogen) atoms.